The molecule has 0 fully saturated rings. The highest BCUT2D eigenvalue weighted by Gasteiger charge is 2.18. The second kappa shape index (κ2) is 8.70. The van der Waals surface area contributed by atoms with Crippen molar-refractivity contribution in [2.75, 3.05) is 25.6 Å². The number of carbonyl (C=O) groups excluding carboxylic acids is 2. The van der Waals surface area contributed by atoms with Crippen molar-refractivity contribution in [2.24, 2.45) is 0 Å². The number of nitrogens with zero attached hydrogens (tertiary/aromatic N) is 1. The molecule has 1 rings (SSSR count). The van der Waals surface area contributed by atoms with Gasteiger partial charge in [-0.15, -0.1) is 18.3 Å². The molecule has 0 aliphatic rings. The first-order chi connectivity index (χ1) is 10.8. The predicted octanol–water partition coefficient (Wildman–Crippen LogP) is 0.617. The Balaban J connectivity index is 2.71. The molecular formula is C14H19N3O4S2. The zero-order chi connectivity index (χ0) is 17.5. The Morgan fingerprint density at radius 3 is 2.61 bits per heavy atom. The van der Waals surface area contributed by atoms with Crippen molar-refractivity contribution in [3.63, 3.8) is 0 Å². The molecule has 1 aromatic rings. The van der Waals surface area contributed by atoms with E-state index < -0.39 is 15.9 Å². The van der Waals surface area contributed by atoms with Gasteiger partial charge in [0.05, 0.1) is 10.6 Å². The molecule has 23 heavy (non-hydrogen) atoms. The van der Waals surface area contributed by atoms with Crippen LogP contribution in [0.15, 0.2) is 41.8 Å². The number of carbonyl (C=O) groups is 2. The average molecular weight is 357 g/mol. The zero-order valence-electron chi connectivity index (χ0n) is 12.9. The fourth-order valence-electron chi connectivity index (χ4n) is 1.48. The Kier molecular flexibility index (Phi) is 7.27. The maximum absolute atomic E-state index is 12.0. The van der Waals surface area contributed by atoms with Crippen LogP contribution < -0.4 is 10.9 Å². The fourth-order valence-corrected chi connectivity index (χ4v) is 2.97. The number of sulfonamides is 1. The van der Waals surface area contributed by atoms with Crippen LogP contribution in [0.1, 0.15) is 10.4 Å². The third-order valence-corrected chi connectivity index (χ3v) is 5.41. The zero-order valence-corrected chi connectivity index (χ0v) is 14.5. The Labute approximate surface area is 140 Å². The second-order valence-electron chi connectivity index (χ2n) is 4.62. The van der Waals surface area contributed by atoms with E-state index in [-0.39, 0.29) is 22.1 Å². The number of rotatable bonds is 7. The summed E-state index contributed by atoms with van der Waals surface area (Å²) in [7, 11) is -0.814. The molecule has 0 aliphatic heterocycles. The van der Waals surface area contributed by atoms with Gasteiger partial charge in [0, 0.05) is 25.4 Å². The summed E-state index contributed by atoms with van der Waals surface area (Å²) in [6.45, 7) is 3.54. The van der Waals surface area contributed by atoms with Crippen molar-refractivity contribution in [1.82, 2.24) is 15.2 Å². The van der Waals surface area contributed by atoms with Gasteiger partial charge in [0.2, 0.25) is 15.9 Å². The van der Waals surface area contributed by atoms with Gasteiger partial charge < -0.3 is 0 Å². The van der Waals surface area contributed by atoms with Gasteiger partial charge in [-0.1, -0.05) is 12.1 Å². The van der Waals surface area contributed by atoms with Gasteiger partial charge in [-0.3, -0.25) is 20.4 Å². The van der Waals surface area contributed by atoms with Crippen LogP contribution in [0.25, 0.3) is 0 Å². The molecule has 2 N–H and O–H groups in total. The molecule has 126 valence electrons. The van der Waals surface area contributed by atoms with Gasteiger partial charge in [-0.25, -0.2) is 12.7 Å². The lowest BCUT2D eigenvalue weighted by atomic mass is 10.2. The van der Waals surface area contributed by atoms with E-state index in [1.54, 1.807) is 6.08 Å². The summed E-state index contributed by atoms with van der Waals surface area (Å²) in [5.41, 5.74) is 4.65. The highest BCUT2D eigenvalue weighted by atomic mass is 32.2. The summed E-state index contributed by atoms with van der Waals surface area (Å²) in [5.74, 6) is -0.141. The van der Waals surface area contributed by atoms with E-state index >= 15 is 0 Å². The predicted molar refractivity (Wildman–Crippen MR) is 90.4 cm³/mol. The van der Waals surface area contributed by atoms with Crippen LogP contribution in [-0.2, 0) is 14.8 Å². The van der Waals surface area contributed by atoms with Gasteiger partial charge in [-0.2, -0.15) is 0 Å². The van der Waals surface area contributed by atoms with E-state index in [0.717, 1.165) is 4.31 Å². The molecule has 0 aliphatic carbocycles. The minimum atomic E-state index is -3.63. The lowest BCUT2D eigenvalue weighted by Gasteiger charge is -2.12. The van der Waals surface area contributed by atoms with Crippen molar-refractivity contribution in [2.45, 2.75) is 4.90 Å². The molecule has 7 nitrogen and oxygen atoms in total. The topological polar surface area (TPSA) is 95.6 Å². The lowest BCUT2D eigenvalue weighted by Crippen LogP contribution is -2.42. The number of hydrazine groups is 1. The van der Waals surface area contributed by atoms with Crippen LogP contribution >= 0.6 is 11.8 Å². The first kappa shape index (κ1) is 19.2. The van der Waals surface area contributed by atoms with E-state index in [2.05, 4.69) is 17.4 Å². The van der Waals surface area contributed by atoms with Gasteiger partial charge >= 0.3 is 0 Å². The number of benzene rings is 1. The monoisotopic (exact) mass is 357 g/mol. The van der Waals surface area contributed by atoms with Gasteiger partial charge in [0.25, 0.3) is 5.91 Å². The molecule has 0 unspecified atom stereocenters. The molecule has 0 aromatic heterocycles. The molecule has 0 spiro atoms. The molecule has 0 saturated heterocycles. The molecular weight excluding hydrogens is 338 g/mol. The largest absolute Gasteiger partial charge is 0.272 e. The summed E-state index contributed by atoms with van der Waals surface area (Å²) in [5, 5.41) is 0. The number of hydrogen-bond donors (Lipinski definition) is 2. The highest BCUT2D eigenvalue weighted by molar-refractivity contribution is 8.00. The van der Waals surface area contributed by atoms with Gasteiger partial charge in [-0.05, 0) is 18.2 Å². The number of nitrogens with one attached hydrogen (secondary N) is 2. The van der Waals surface area contributed by atoms with E-state index in [1.165, 1.54) is 50.1 Å². The Morgan fingerprint density at radius 2 is 2.00 bits per heavy atom. The fraction of sp³-hybridized carbons (Fsp3) is 0.286. The van der Waals surface area contributed by atoms with Crippen LogP contribution in [0.4, 0.5) is 0 Å². The lowest BCUT2D eigenvalue weighted by molar-refractivity contribution is -0.119. The quantitative estimate of drug-likeness (QED) is 0.424. The minimum Gasteiger partial charge on any atom is -0.272 e. The van der Waals surface area contributed by atoms with Crippen molar-refractivity contribution >= 4 is 33.6 Å². The Morgan fingerprint density at radius 1 is 1.30 bits per heavy atom. The van der Waals surface area contributed by atoms with Crippen molar-refractivity contribution in [3.05, 3.63) is 42.5 Å². The third-order valence-electron chi connectivity index (χ3n) is 2.66. The Hall–Kier alpha value is -1.84. The number of thioether (sulfide) groups is 1. The number of hydrogen-bond acceptors (Lipinski definition) is 5. The normalized spacial score (nSPS) is 11.1. The highest BCUT2D eigenvalue weighted by Crippen LogP contribution is 2.14. The van der Waals surface area contributed by atoms with E-state index in [1.807, 2.05) is 0 Å². The summed E-state index contributed by atoms with van der Waals surface area (Å²) in [6, 6.07) is 5.58. The van der Waals surface area contributed by atoms with E-state index in [4.69, 9.17) is 0 Å². The average Bonchev–Trinajstić information content (AvgIpc) is 2.52. The standard InChI is InChI=1S/C14H19N3O4S2/c1-4-8-22-10-13(18)15-16-14(19)11-6-5-7-12(9-11)23(20,21)17(2)3/h4-7,9H,1,8,10H2,2-3H3,(H,15,18)(H,16,19). The molecule has 0 saturated carbocycles. The Bertz CT molecular complexity index is 687. The SMILES string of the molecule is C=CCSCC(=O)NNC(=O)c1cccc(S(=O)(=O)N(C)C)c1. The van der Waals surface area contributed by atoms with E-state index in [0.29, 0.717) is 5.75 Å². The first-order valence-corrected chi connectivity index (χ1v) is 9.19. The molecule has 2 amide bonds. The summed E-state index contributed by atoms with van der Waals surface area (Å²) >= 11 is 1.35. The van der Waals surface area contributed by atoms with E-state index in [9.17, 15) is 18.0 Å². The minimum absolute atomic E-state index is 0.00279. The van der Waals surface area contributed by atoms with Crippen molar-refractivity contribution < 1.29 is 18.0 Å². The molecule has 0 heterocycles. The van der Waals surface area contributed by atoms with Crippen molar-refractivity contribution in [3.8, 4) is 0 Å². The van der Waals surface area contributed by atoms with Crippen molar-refractivity contribution in [1.29, 1.82) is 0 Å². The summed E-state index contributed by atoms with van der Waals surface area (Å²) in [6.07, 6.45) is 1.67. The van der Waals surface area contributed by atoms with Gasteiger partial charge in [0.1, 0.15) is 0 Å². The van der Waals surface area contributed by atoms with Crippen LogP contribution in [0, 0.1) is 0 Å². The van der Waals surface area contributed by atoms with Crippen LogP contribution in [0.3, 0.4) is 0 Å². The number of amides is 2. The second-order valence-corrected chi connectivity index (χ2v) is 7.80. The first-order valence-electron chi connectivity index (χ1n) is 6.59. The maximum atomic E-state index is 12.0. The van der Waals surface area contributed by atoms with Crippen LogP contribution in [-0.4, -0.2) is 50.1 Å². The molecule has 0 atom stereocenters. The summed E-state index contributed by atoms with van der Waals surface area (Å²) in [4.78, 5) is 23.5. The maximum Gasteiger partial charge on any atom is 0.269 e. The molecule has 0 radical (unpaired) electrons. The van der Waals surface area contributed by atoms with Crippen LogP contribution in [0.2, 0.25) is 0 Å². The van der Waals surface area contributed by atoms with Crippen LogP contribution in [0.5, 0.6) is 0 Å². The smallest absolute Gasteiger partial charge is 0.269 e. The summed E-state index contributed by atoms with van der Waals surface area (Å²) < 4.78 is 25.1. The van der Waals surface area contributed by atoms with Gasteiger partial charge in [0.15, 0.2) is 0 Å². The molecule has 1 aromatic carbocycles. The molecule has 9 heteroatoms. The third kappa shape index (κ3) is 5.70. The molecule has 0 bridgehead atoms.